The Kier molecular flexibility index (Phi) is 9.10. The highest BCUT2D eigenvalue weighted by Crippen LogP contribution is 2.67. The van der Waals surface area contributed by atoms with E-state index < -0.39 is 28.7 Å². The number of hydrogen-bond donors (Lipinski definition) is 1. The Bertz CT molecular complexity index is 888. The highest BCUT2D eigenvalue weighted by atomic mass is 32.2. The predicted octanol–water partition coefficient (Wildman–Crippen LogP) is 3.95. The summed E-state index contributed by atoms with van der Waals surface area (Å²) < 4.78 is 4.92. The molecule has 0 aromatic carbocycles. The molecule has 37 heavy (non-hydrogen) atoms. The summed E-state index contributed by atoms with van der Waals surface area (Å²) in [7, 11) is 0. The number of carbonyl (C=O) groups is 3. The number of amides is 2. The number of ether oxygens (including phenoxy) is 1. The lowest BCUT2D eigenvalue weighted by molar-refractivity contribution is -0.154. The molecule has 0 aromatic rings. The summed E-state index contributed by atoms with van der Waals surface area (Å²) in [5.41, 5.74) is 0. The van der Waals surface area contributed by atoms with E-state index in [1.807, 2.05) is 4.90 Å². The SMILES string of the molecule is C=CCCOC(=O)[C@@H]1[C@@H]2CCC3(S2)C(C(=O)N(CC=C)C2CCCCC2)N([C@@H](CO)CC(C)C)C(=O)[C@H]13. The summed E-state index contributed by atoms with van der Waals surface area (Å²) in [6, 6.07) is -1.02. The van der Waals surface area contributed by atoms with Gasteiger partial charge in [0.2, 0.25) is 11.8 Å². The van der Waals surface area contributed by atoms with Gasteiger partial charge in [0, 0.05) is 17.8 Å². The quantitative estimate of drug-likeness (QED) is 0.233. The fourth-order valence-electron chi connectivity index (χ4n) is 7.30. The summed E-state index contributed by atoms with van der Waals surface area (Å²) in [6.45, 7) is 12.2. The minimum absolute atomic E-state index is 0.0251. The van der Waals surface area contributed by atoms with Crippen LogP contribution in [-0.4, -0.2) is 80.6 Å². The number of thioether (sulfide) groups is 1. The first-order valence-electron chi connectivity index (χ1n) is 14.1. The fraction of sp³-hybridized carbons (Fsp3) is 0.759. The van der Waals surface area contributed by atoms with Gasteiger partial charge in [-0.25, -0.2) is 0 Å². The minimum atomic E-state index is -0.691. The van der Waals surface area contributed by atoms with Crippen molar-refractivity contribution in [3.63, 3.8) is 0 Å². The van der Waals surface area contributed by atoms with Crippen LogP contribution in [0.25, 0.3) is 0 Å². The highest BCUT2D eigenvalue weighted by molar-refractivity contribution is 8.02. The van der Waals surface area contributed by atoms with E-state index in [4.69, 9.17) is 4.74 Å². The van der Waals surface area contributed by atoms with E-state index in [1.54, 1.807) is 28.8 Å². The van der Waals surface area contributed by atoms with Gasteiger partial charge in [0.15, 0.2) is 0 Å². The van der Waals surface area contributed by atoms with E-state index in [9.17, 15) is 19.5 Å². The van der Waals surface area contributed by atoms with Gasteiger partial charge in [0.05, 0.1) is 35.8 Å². The normalized spacial score (nSPS) is 31.9. The van der Waals surface area contributed by atoms with Crippen molar-refractivity contribution < 1.29 is 24.2 Å². The number of rotatable bonds is 12. The second-order valence-electron chi connectivity index (χ2n) is 11.6. The third-order valence-electron chi connectivity index (χ3n) is 8.78. The molecule has 1 aliphatic carbocycles. The molecule has 4 aliphatic rings. The van der Waals surface area contributed by atoms with E-state index in [0.29, 0.717) is 25.8 Å². The number of esters is 1. The van der Waals surface area contributed by atoms with Gasteiger partial charge in [-0.1, -0.05) is 45.3 Å². The average Bonchev–Trinajstić information content (AvgIpc) is 3.53. The Morgan fingerprint density at radius 3 is 2.57 bits per heavy atom. The summed E-state index contributed by atoms with van der Waals surface area (Å²) >= 11 is 1.66. The van der Waals surface area contributed by atoms with Gasteiger partial charge >= 0.3 is 5.97 Å². The second-order valence-corrected chi connectivity index (χ2v) is 13.2. The number of likely N-dealkylation sites (tertiary alicyclic amines) is 1. The molecule has 3 heterocycles. The Hall–Kier alpha value is -1.80. The van der Waals surface area contributed by atoms with E-state index >= 15 is 0 Å². The molecule has 3 saturated heterocycles. The summed E-state index contributed by atoms with van der Waals surface area (Å²) in [4.78, 5) is 45.8. The monoisotopic (exact) mass is 532 g/mol. The van der Waals surface area contributed by atoms with Crippen LogP contribution in [0.1, 0.15) is 71.6 Å². The topological polar surface area (TPSA) is 87.2 Å². The van der Waals surface area contributed by atoms with Crippen molar-refractivity contribution in [2.75, 3.05) is 19.8 Å². The smallest absolute Gasteiger partial charge is 0.310 e. The van der Waals surface area contributed by atoms with E-state index in [2.05, 4.69) is 27.0 Å². The van der Waals surface area contributed by atoms with Crippen molar-refractivity contribution in [1.29, 1.82) is 0 Å². The predicted molar refractivity (Wildman–Crippen MR) is 146 cm³/mol. The Morgan fingerprint density at radius 2 is 1.95 bits per heavy atom. The molecule has 2 bridgehead atoms. The maximum absolute atomic E-state index is 14.6. The van der Waals surface area contributed by atoms with Crippen molar-refractivity contribution in [2.24, 2.45) is 17.8 Å². The molecule has 1 spiro atoms. The lowest BCUT2D eigenvalue weighted by Crippen LogP contribution is -2.59. The number of hydrogen-bond acceptors (Lipinski definition) is 6. The number of fused-ring (bicyclic) bond motifs is 1. The van der Waals surface area contributed by atoms with Crippen LogP contribution in [-0.2, 0) is 19.1 Å². The van der Waals surface area contributed by atoms with Crippen molar-refractivity contribution in [3.8, 4) is 0 Å². The summed E-state index contributed by atoms with van der Waals surface area (Å²) in [6.07, 6.45) is 11.4. The highest BCUT2D eigenvalue weighted by Gasteiger charge is 2.74. The first-order chi connectivity index (χ1) is 17.8. The minimum Gasteiger partial charge on any atom is -0.465 e. The first kappa shape index (κ1) is 28.2. The number of nitrogens with zero attached hydrogens (tertiary/aromatic N) is 2. The van der Waals surface area contributed by atoms with Crippen LogP contribution in [0.3, 0.4) is 0 Å². The molecular formula is C29H44N2O5S. The van der Waals surface area contributed by atoms with Crippen LogP contribution in [0.5, 0.6) is 0 Å². The van der Waals surface area contributed by atoms with E-state index in [0.717, 1.165) is 32.1 Å². The van der Waals surface area contributed by atoms with Crippen LogP contribution in [0.4, 0.5) is 0 Å². The van der Waals surface area contributed by atoms with Crippen LogP contribution < -0.4 is 0 Å². The third kappa shape index (κ3) is 5.12. The molecule has 1 N–H and O–H groups in total. The molecule has 3 aliphatic heterocycles. The summed E-state index contributed by atoms with van der Waals surface area (Å²) in [5.74, 6) is -1.46. The van der Waals surface area contributed by atoms with Crippen LogP contribution in [0.15, 0.2) is 25.3 Å². The van der Waals surface area contributed by atoms with E-state index in [1.165, 1.54) is 6.42 Å². The molecule has 0 radical (unpaired) electrons. The molecule has 2 unspecified atom stereocenters. The Morgan fingerprint density at radius 1 is 1.22 bits per heavy atom. The van der Waals surface area contributed by atoms with Crippen LogP contribution >= 0.6 is 11.8 Å². The van der Waals surface area contributed by atoms with Crippen LogP contribution in [0, 0.1) is 17.8 Å². The number of aliphatic hydroxyl groups is 1. The maximum atomic E-state index is 14.6. The molecule has 7 nitrogen and oxygen atoms in total. The van der Waals surface area contributed by atoms with Gasteiger partial charge in [-0.3, -0.25) is 14.4 Å². The van der Waals surface area contributed by atoms with Gasteiger partial charge in [0.25, 0.3) is 0 Å². The van der Waals surface area contributed by atoms with Crippen molar-refractivity contribution >= 4 is 29.5 Å². The molecular weight excluding hydrogens is 488 g/mol. The van der Waals surface area contributed by atoms with E-state index in [-0.39, 0.29) is 48.2 Å². The molecule has 206 valence electrons. The van der Waals surface area contributed by atoms with Crippen molar-refractivity contribution in [2.45, 2.75) is 99.8 Å². The zero-order chi connectivity index (χ0) is 26.7. The molecule has 4 fully saturated rings. The molecule has 1 saturated carbocycles. The van der Waals surface area contributed by atoms with Gasteiger partial charge in [-0.15, -0.1) is 24.9 Å². The Labute approximate surface area is 226 Å². The zero-order valence-corrected chi connectivity index (χ0v) is 23.3. The molecule has 6 atom stereocenters. The zero-order valence-electron chi connectivity index (χ0n) is 22.5. The number of aliphatic hydroxyl groups excluding tert-OH is 1. The average molecular weight is 533 g/mol. The molecule has 8 heteroatoms. The fourth-order valence-corrected chi connectivity index (χ4v) is 9.49. The first-order valence-corrected chi connectivity index (χ1v) is 15.0. The summed E-state index contributed by atoms with van der Waals surface area (Å²) in [5, 5.41) is 10.4. The lowest BCUT2D eigenvalue weighted by atomic mass is 9.71. The lowest BCUT2D eigenvalue weighted by Gasteiger charge is -2.42. The third-order valence-corrected chi connectivity index (χ3v) is 10.7. The second kappa shape index (κ2) is 11.9. The molecule has 2 amide bonds. The number of carbonyl (C=O) groups excluding carboxylic acids is 3. The van der Waals surface area contributed by atoms with Crippen LogP contribution in [0.2, 0.25) is 0 Å². The van der Waals surface area contributed by atoms with Gasteiger partial charge in [-0.2, -0.15) is 0 Å². The standard InChI is InChI=1S/C29H44N2O5S/c1-5-7-16-36-28(35)23-22-13-14-29(37-22)24(23)26(33)31(21(18-32)17-19(3)4)25(29)27(34)30(15-6-2)20-11-9-8-10-12-20/h5-6,19-25,32H,1-2,7-18H2,3-4H3/t21-,22+,23-,24+,25?,29?/m1/s1. The Balaban J connectivity index is 1.73. The molecule has 4 rings (SSSR count). The van der Waals surface area contributed by atoms with Crippen molar-refractivity contribution in [1.82, 2.24) is 9.80 Å². The van der Waals surface area contributed by atoms with Gasteiger partial charge in [0.1, 0.15) is 6.04 Å². The van der Waals surface area contributed by atoms with Crippen molar-refractivity contribution in [3.05, 3.63) is 25.3 Å². The van der Waals surface area contributed by atoms with Gasteiger partial charge < -0.3 is 19.6 Å². The largest absolute Gasteiger partial charge is 0.465 e. The van der Waals surface area contributed by atoms with Gasteiger partial charge in [-0.05, 0) is 44.4 Å². The molecule has 0 aromatic heterocycles. The maximum Gasteiger partial charge on any atom is 0.310 e.